The maximum absolute atomic E-state index is 13.4. The van der Waals surface area contributed by atoms with E-state index in [-0.39, 0.29) is 11.6 Å². The Hall–Kier alpha value is -3.69. The standard InChI is InChI=1S/C25H22N6OS2/c1-3-18-20(4-2)34-24(26-18)29-28-22-21(17-13-9-6-10-14-17)30-31(23(22)32)25-27-19(15-33-25)16-11-7-5-8-12-16/h5-15H,3-4H2,1-2H3,(H,26,29)/b28-22-. The first-order chi connectivity index (χ1) is 16.7. The van der Waals surface area contributed by atoms with Crippen molar-refractivity contribution in [3.8, 4) is 11.3 Å². The van der Waals surface area contributed by atoms with Crippen molar-refractivity contribution in [3.63, 3.8) is 0 Å². The number of amides is 1. The number of benzene rings is 2. The normalized spacial score (nSPS) is 14.6. The van der Waals surface area contributed by atoms with Crippen molar-refractivity contribution in [1.82, 2.24) is 9.97 Å². The zero-order valence-corrected chi connectivity index (χ0v) is 20.4. The van der Waals surface area contributed by atoms with Gasteiger partial charge in [0.1, 0.15) is 5.71 Å². The van der Waals surface area contributed by atoms with Crippen LogP contribution in [0.4, 0.5) is 10.3 Å². The second-order valence-corrected chi connectivity index (χ2v) is 9.40. The molecular formula is C25H22N6OS2. The van der Waals surface area contributed by atoms with Crippen LogP contribution in [0.1, 0.15) is 30.0 Å². The number of nitrogens with one attached hydrogen (secondary N) is 1. The summed E-state index contributed by atoms with van der Waals surface area (Å²) in [5.74, 6) is -0.330. The number of thiazole rings is 2. The second-order valence-electron chi connectivity index (χ2n) is 7.48. The zero-order chi connectivity index (χ0) is 23.5. The predicted octanol–water partition coefficient (Wildman–Crippen LogP) is 5.61. The molecule has 0 spiro atoms. The number of aromatic nitrogens is 2. The first-order valence-corrected chi connectivity index (χ1v) is 12.7. The first kappa shape index (κ1) is 22.1. The quantitative estimate of drug-likeness (QED) is 0.344. The van der Waals surface area contributed by atoms with Crippen molar-refractivity contribution in [2.45, 2.75) is 26.7 Å². The third-order valence-electron chi connectivity index (χ3n) is 5.31. The number of hydrogen-bond donors (Lipinski definition) is 1. The van der Waals surface area contributed by atoms with Gasteiger partial charge in [0.25, 0.3) is 0 Å². The molecule has 2 aromatic carbocycles. The fourth-order valence-electron chi connectivity index (χ4n) is 3.61. The van der Waals surface area contributed by atoms with Crippen molar-refractivity contribution >= 4 is 50.3 Å². The maximum Gasteiger partial charge on any atom is 0.303 e. The molecule has 9 heteroatoms. The highest BCUT2D eigenvalue weighted by atomic mass is 32.1. The van der Waals surface area contributed by atoms with E-state index in [1.54, 1.807) is 11.3 Å². The monoisotopic (exact) mass is 486 g/mol. The van der Waals surface area contributed by atoms with E-state index in [1.807, 2.05) is 66.0 Å². The molecule has 0 saturated heterocycles. The number of hydrogen-bond acceptors (Lipinski definition) is 8. The van der Waals surface area contributed by atoms with Crippen LogP contribution < -0.4 is 10.4 Å². The average Bonchev–Trinajstić information content (AvgIpc) is 3.61. The van der Waals surface area contributed by atoms with Gasteiger partial charge in [0.2, 0.25) is 10.3 Å². The Bertz CT molecular complexity index is 1350. The molecule has 34 heavy (non-hydrogen) atoms. The molecule has 1 aliphatic rings. The van der Waals surface area contributed by atoms with E-state index < -0.39 is 0 Å². The molecule has 1 N–H and O–H groups in total. The lowest BCUT2D eigenvalue weighted by atomic mass is 10.1. The van der Waals surface area contributed by atoms with Crippen molar-refractivity contribution in [2.24, 2.45) is 10.2 Å². The highest BCUT2D eigenvalue weighted by Gasteiger charge is 2.35. The molecule has 0 unspecified atom stereocenters. The predicted molar refractivity (Wildman–Crippen MR) is 140 cm³/mol. The van der Waals surface area contributed by atoms with Gasteiger partial charge in [0, 0.05) is 21.4 Å². The minimum absolute atomic E-state index is 0.231. The Balaban J connectivity index is 1.49. The minimum Gasteiger partial charge on any atom is -0.265 e. The smallest absolute Gasteiger partial charge is 0.265 e. The largest absolute Gasteiger partial charge is 0.303 e. The van der Waals surface area contributed by atoms with Crippen LogP contribution in [0.15, 0.2) is 76.2 Å². The van der Waals surface area contributed by atoms with E-state index in [1.165, 1.54) is 21.2 Å². The number of hydrazone groups is 2. The van der Waals surface area contributed by atoms with Gasteiger partial charge in [-0.15, -0.1) is 22.7 Å². The molecule has 0 atom stereocenters. The Morgan fingerprint density at radius 2 is 1.65 bits per heavy atom. The van der Waals surface area contributed by atoms with Gasteiger partial charge in [-0.3, -0.25) is 10.2 Å². The molecule has 3 heterocycles. The Kier molecular flexibility index (Phi) is 6.29. The minimum atomic E-state index is -0.330. The molecule has 0 bridgehead atoms. The summed E-state index contributed by atoms with van der Waals surface area (Å²) in [6.45, 7) is 4.19. The van der Waals surface area contributed by atoms with Gasteiger partial charge in [0.05, 0.1) is 11.4 Å². The van der Waals surface area contributed by atoms with E-state index in [0.29, 0.717) is 16.0 Å². The first-order valence-electron chi connectivity index (χ1n) is 11.0. The summed E-state index contributed by atoms with van der Waals surface area (Å²) in [6, 6.07) is 19.4. The summed E-state index contributed by atoms with van der Waals surface area (Å²) in [7, 11) is 0. The molecular weight excluding hydrogens is 464 g/mol. The summed E-state index contributed by atoms with van der Waals surface area (Å²) in [5.41, 5.74) is 7.38. The van der Waals surface area contributed by atoms with Crippen LogP contribution in [0.3, 0.4) is 0 Å². The van der Waals surface area contributed by atoms with Crippen molar-refractivity contribution in [3.05, 3.63) is 82.2 Å². The summed E-state index contributed by atoms with van der Waals surface area (Å²) in [4.78, 5) is 23.9. The average molecular weight is 487 g/mol. The summed E-state index contributed by atoms with van der Waals surface area (Å²) >= 11 is 2.93. The number of nitrogens with zero attached hydrogens (tertiary/aromatic N) is 5. The molecule has 0 aliphatic carbocycles. The lowest BCUT2D eigenvalue weighted by molar-refractivity contribution is -0.112. The number of carbonyl (C=O) groups is 1. The Labute approximate surface area is 205 Å². The van der Waals surface area contributed by atoms with Gasteiger partial charge < -0.3 is 0 Å². The molecule has 5 rings (SSSR count). The Morgan fingerprint density at radius 1 is 0.941 bits per heavy atom. The molecule has 4 aromatic rings. The second kappa shape index (κ2) is 9.66. The SMILES string of the molecule is CCc1nc(N/N=C2\C(=O)N(c3nc(-c4ccccc4)cs3)N=C2c2ccccc2)sc1CC. The summed E-state index contributed by atoms with van der Waals surface area (Å²) < 4.78 is 0. The summed E-state index contributed by atoms with van der Waals surface area (Å²) in [6.07, 6.45) is 1.77. The third kappa shape index (κ3) is 4.27. The lowest BCUT2D eigenvalue weighted by Crippen LogP contribution is -2.28. The van der Waals surface area contributed by atoms with Gasteiger partial charge in [-0.25, -0.2) is 9.97 Å². The fraction of sp³-hybridized carbons (Fsp3) is 0.160. The molecule has 2 aromatic heterocycles. The van der Waals surface area contributed by atoms with Gasteiger partial charge in [-0.05, 0) is 12.8 Å². The lowest BCUT2D eigenvalue weighted by Gasteiger charge is -2.06. The van der Waals surface area contributed by atoms with Crippen LogP contribution in [-0.2, 0) is 17.6 Å². The zero-order valence-electron chi connectivity index (χ0n) is 18.7. The Morgan fingerprint density at radius 3 is 2.29 bits per heavy atom. The molecule has 7 nitrogen and oxygen atoms in total. The van der Waals surface area contributed by atoms with E-state index >= 15 is 0 Å². The number of carbonyl (C=O) groups excluding carboxylic acids is 1. The maximum atomic E-state index is 13.4. The van der Waals surface area contributed by atoms with Crippen molar-refractivity contribution < 1.29 is 4.79 Å². The summed E-state index contributed by atoms with van der Waals surface area (Å²) in [5, 5.41) is 13.5. The van der Waals surface area contributed by atoms with E-state index in [4.69, 9.17) is 0 Å². The van der Waals surface area contributed by atoms with E-state index in [0.717, 1.165) is 35.4 Å². The molecule has 0 radical (unpaired) electrons. The molecule has 0 fully saturated rings. The molecule has 1 amide bonds. The van der Waals surface area contributed by atoms with Gasteiger partial charge in [-0.1, -0.05) is 74.5 Å². The number of aryl methyl sites for hydroxylation is 2. The van der Waals surface area contributed by atoms with Gasteiger partial charge in [-0.2, -0.15) is 15.2 Å². The van der Waals surface area contributed by atoms with E-state index in [2.05, 4.69) is 39.4 Å². The van der Waals surface area contributed by atoms with E-state index in [9.17, 15) is 4.79 Å². The van der Waals surface area contributed by atoms with Gasteiger partial charge >= 0.3 is 5.91 Å². The van der Waals surface area contributed by atoms with Crippen LogP contribution in [0.5, 0.6) is 0 Å². The van der Waals surface area contributed by atoms with Crippen LogP contribution in [0, 0.1) is 0 Å². The molecule has 170 valence electrons. The van der Waals surface area contributed by atoms with Gasteiger partial charge in [0.15, 0.2) is 5.71 Å². The van der Waals surface area contributed by atoms with Crippen LogP contribution in [0.2, 0.25) is 0 Å². The highest BCUT2D eigenvalue weighted by molar-refractivity contribution is 7.15. The van der Waals surface area contributed by atoms with Crippen LogP contribution in [0.25, 0.3) is 11.3 Å². The molecule has 0 saturated carbocycles. The third-order valence-corrected chi connectivity index (χ3v) is 7.27. The van der Waals surface area contributed by atoms with Crippen molar-refractivity contribution in [2.75, 3.05) is 10.4 Å². The van der Waals surface area contributed by atoms with Crippen LogP contribution in [-0.4, -0.2) is 27.3 Å². The topological polar surface area (TPSA) is 82.8 Å². The number of rotatable bonds is 7. The van der Waals surface area contributed by atoms with Crippen molar-refractivity contribution in [1.29, 1.82) is 0 Å². The highest BCUT2D eigenvalue weighted by Crippen LogP contribution is 2.30. The van der Waals surface area contributed by atoms with Crippen LogP contribution >= 0.6 is 22.7 Å². The number of anilines is 2. The fourth-order valence-corrected chi connectivity index (χ4v) is 5.32. The molecule has 1 aliphatic heterocycles.